The largest absolute Gasteiger partial charge is 0.491 e. The highest BCUT2D eigenvalue weighted by atomic mass is 79.9. The summed E-state index contributed by atoms with van der Waals surface area (Å²) in [6.45, 7) is 8.46. The van der Waals surface area contributed by atoms with Gasteiger partial charge in [0.25, 0.3) is 0 Å². The lowest BCUT2D eigenvalue weighted by atomic mass is 9.77. The zero-order chi connectivity index (χ0) is 15.8. The number of hydrogen-bond acceptors (Lipinski definition) is 3. The Hall–Kier alpha value is -0.325. The number of rotatable bonds is 3. The monoisotopic (exact) mass is 371 g/mol. The molecule has 1 aliphatic rings. The first kappa shape index (κ1) is 17.0. The van der Waals surface area contributed by atoms with Crippen LogP contribution in [0, 0.1) is 0 Å². The van der Waals surface area contributed by atoms with E-state index in [2.05, 4.69) is 15.9 Å². The van der Waals surface area contributed by atoms with Gasteiger partial charge < -0.3 is 15.0 Å². The Labute approximate surface area is 140 Å². The van der Waals surface area contributed by atoms with Crippen molar-refractivity contribution in [2.24, 2.45) is 5.73 Å². The highest BCUT2D eigenvalue weighted by Crippen LogP contribution is 2.38. The van der Waals surface area contributed by atoms with Crippen LogP contribution in [0.3, 0.4) is 0 Å². The molecule has 0 aromatic heterocycles. The van der Waals surface area contributed by atoms with Crippen molar-refractivity contribution >= 4 is 40.7 Å². The van der Waals surface area contributed by atoms with Gasteiger partial charge in [-0.25, -0.2) is 0 Å². The van der Waals surface area contributed by atoms with E-state index in [4.69, 9.17) is 26.6 Å². The number of nitrogens with two attached hydrogens (primary N) is 1. The summed E-state index contributed by atoms with van der Waals surface area (Å²) in [6.07, 6.45) is 1.97. The van der Waals surface area contributed by atoms with Crippen LogP contribution in [-0.4, -0.2) is 24.9 Å². The summed E-state index contributed by atoms with van der Waals surface area (Å²) >= 11 is 9.51. The molecule has 1 aromatic carbocycles. The minimum atomic E-state index is -0.433. The fraction of sp³-hybridized carbons (Fsp3) is 0.467. The molecule has 0 amide bonds. The molecule has 2 N–H and O–H groups in total. The second-order valence-electron chi connectivity index (χ2n) is 6.21. The summed E-state index contributed by atoms with van der Waals surface area (Å²) in [5.74, 6) is 0. The van der Waals surface area contributed by atoms with Crippen LogP contribution in [0.1, 0.15) is 33.3 Å². The van der Waals surface area contributed by atoms with E-state index in [0.29, 0.717) is 11.6 Å². The van der Waals surface area contributed by atoms with Crippen LogP contribution in [0.5, 0.6) is 0 Å². The summed E-state index contributed by atoms with van der Waals surface area (Å²) in [6, 6.07) is 5.70. The lowest BCUT2D eigenvalue weighted by molar-refractivity contribution is 0.00578. The molecule has 114 valence electrons. The van der Waals surface area contributed by atoms with Crippen LogP contribution in [0.15, 0.2) is 28.1 Å². The van der Waals surface area contributed by atoms with Crippen LogP contribution in [0.4, 0.5) is 0 Å². The molecule has 1 heterocycles. The third kappa shape index (κ3) is 3.72. The molecular weight excluding hydrogens is 352 g/mol. The van der Waals surface area contributed by atoms with Crippen molar-refractivity contribution in [3.63, 3.8) is 0 Å². The minimum absolute atomic E-state index is 0.362. The first-order valence-corrected chi connectivity index (χ1v) is 8.04. The van der Waals surface area contributed by atoms with E-state index in [1.54, 1.807) is 0 Å². The molecule has 0 spiro atoms. The third-order valence-electron chi connectivity index (χ3n) is 4.03. The highest BCUT2D eigenvalue weighted by Gasteiger charge is 2.52. The standard InChI is InChI=1S/C15H20BBrClNO2/c1-14(2)15(3,4)21-16(20-14)11(9-19)5-10-6-12(17)8-13(18)7-10/h5-8H,9,19H2,1-4H3. The van der Waals surface area contributed by atoms with Gasteiger partial charge in [0.15, 0.2) is 0 Å². The van der Waals surface area contributed by atoms with E-state index < -0.39 is 7.12 Å². The molecule has 21 heavy (non-hydrogen) atoms. The first-order valence-electron chi connectivity index (χ1n) is 6.87. The van der Waals surface area contributed by atoms with Gasteiger partial charge in [-0.05, 0) is 56.9 Å². The van der Waals surface area contributed by atoms with Crippen LogP contribution < -0.4 is 5.73 Å². The second-order valence-corrected chi connectivity index (χ2v) is 7.57. The summed E-state index contributed by atoms with van der Waals surface area (Å²) in [5.41, 5.74) is 6.99. The molecule has 2 rings (SSSR count). The molecule has 0 unspecified atom stereocenters. The Bertz CT molecular complexity index is 539. The van der Waals surface area contributed by atoms with Gasteiger partial charge in [0.1, 0.15) is 0 Å². The molecule has 1 fully saturated rings. The van der Waals surface area contributed by atoms with Crippen LogP contribution in [-0.2, 0) is 9.31 Å². The van der Waals surface area contributed by atoms with Gasteiger partial charge in [0.2, 0.25) is 0 Å². The fourth-order valence-electron chi connectivity index (χ4n) is 2.09. The predicted octanol–water partition coefficient (Wildman–Crippen LogP) is 4.08. The summed E-state index contributed by atoms with van der Waals surface area (Å²) in [4.78, 5) is 0. The normalized spacial score (nSPS) is 20.9. The molecule has 0 radical (unpaired) electrons. The van der Waals surface area contributed by atoms with Crippen molar-refractivity contribution in [3.8, 4) is 0 Å². The second kappa shape index (κ2) is 6.05. The van der Waals surface area contributed by atoms with E-state index >= 15 is 0 Å². The van der Waals surface area contributed by atoms with Gasteiger partial charge in [-0.3, -0.25) is 0 Å². The van der Waals surface area contributed by atoms with Crippen LogP contribution in [0.25, 0.3) is 6.08 Å². The molecule has 0 atom stereocenters. The summed E-state index contributed by atoms with van der Waals surface area (Å²) in [7, 11) is -0.433. The fourth-order valence-corrected chi connectivity index (χ4v) is 2.98. The first-order chi connectivity index (χ1) is 9.64. The van der Waals surface area contributed by atoms with Gasteiger partial charge in [0.05, 0.1) is 11.2 Å². The average molecular weight is 372 g/mol. The maximum absolute atomic E-state index is 6.07. The Morgan fingerprint density at radius 2 is 1.81 bits per heavy atom. The highest BCUT2D eigenvalue weighted by molar-refractivity contribution is 9.10. The maximum atomic E-state index is 6.07. The predicted molar refractivity (Wildman–Crippen MR) is 92.3 cm³/mol. The molecule has 1 saturated heterocycles. The Morgan fingerprint density at radius 3 is 2.29 bits per heavy atom. The van der Waals surface area contributed by atoms with Gasteiger partial charge in [-0.15, -0.1) is 0 Å². The third-order valence-corrected chi connectivity index (χ3v) is 4.70. The smallest absolute Gasteiger partial charge is 0.400 e. The van der Waals surface area contributed by atoms with Crippen molar-refractivity contribution in [2.45, 2.75) is 38.9 Å². The van der Waals surface area contributed by atoms with Gasteiger partial charge in [-0.1, -0.05) is 33.6 Å². The summed E-state index contributed by atoms with van der Waals surface area (Å²) in [5, 5.41) is 0.668. The topological polar surface area (TPSA) is 44.5 Å². The average Bonchev–Trinajstić information content (AvgIpc) is 2.54. The van der Waals surface area contributed by atoms with Crippen molar-refractivity contribution in [1.29, 1.82) is 0 Å². The quantitative estimate of drug-likeness (QED) is 0.813. The zero-order valence-electron chi connectivity index (χ0n) is 12.7. The van der Waals surface area contributed by atoms with Crippen LogP contribution >= 0.6 is 27.5 Å². The molecule has 0 saturated carbocycles. The lowest BCUT2D eigenvalue weighted by Crippen LogP contribution is -2.41. The van der Waals surface area contributed by atoms with Gasteiger partial charge in [0, 0.05) is 16.0 Å². The lowest BCUT2D eigenvalue weighted by Gasteiger charge is -2.32. The number of hydrogen-bond donors (Lipinski definition) is 1. The van der Waals surface area contributed by atoms with Crippen molar-refractivity contribution < 1.29 is 9.31 Å². The van der Waals surface area contributed by atoms with Crippen molar-refractivity contribution in [1.82, 2.24) is 0 Å². The van der Waals surface area contributed by atoms with E-state index in [-0.39, 0.29) is 11.2 Å². The molecule has 0 bridgehead atoms. The van der Waals surface area contributed by atoms with E-state index in [0.717, 1.165) is 15.5 Å². The molecule has 3 nitrogen and oxygen atoms in total. The molecule has 1 aromatic rings. The number of halogens is 2. The molecule has 1 aliphatic heterocycles. The molecule has 6 heteroatoms. The summed E-state index contributed by atoms with van der Waals surface area (Å²) < 4.78 is 13.0. The molecular formula is C15H20BBrClNO2. The zero-order valence-corrected chi connectivity index (χ0v) is 15.1. The van der Waals surface area contributed by atoms with Crippen molar-refractivity contribution in [2.75, 3.05) is 6.54 Å². The van der Waals surface area contributed by atoms with Crippen molar-refractivity contribution in [3.05, 3.63) is 38.7 Å². The van der Waals surface area contributed by atoms with Gasteiger partial charge in [-0.2, -0.15) is 0 Å². The Balaban J connectivity index is 2.30. The van der Waals surface area contributed by atoms with Gasteiger partial charge >= 0.3 is 7.12 Å². The maximum Gasteiger partial charge on any atom is 0.491 e. The SMILES string of the molecule is CC1(C)OB(C(=Cc2cc(Cl)cc(Br)c2)CN)OC1(C)C. The van der Waals surface area contributed by atoms with E-state index in [9.17, 15) is 0 Å². The Morgan fingerprint density at radius 1 is 1.24 bits per heavy atom. The molecule has 0 aliphatic carbocycles. The van der Waals surface area contributed by atoms with Crippen LogP contribution in [0.2, 0.25) is 5.02 Å². The Kier molecular flexibility index (Phi) is 4.91. The van der Waals surface area contributed by atoms with E-state index in [1.807, 2.05) is 52.0 Å². The number of benzene rings is 1. The minimum Gasteiger partial charge on any atom is -0.400 e. The van der Waals surface area contributed by atoms with E-state index in [1.165, 1.54) is 0 Å².